The molecule has 96 valence electrons. The number of nitrogens with zero attached hydrogens (tertiary/aromatic N) is 2. The topological polar surface area (TPSA) is 72.9 Å². The molecule has 1 aromatic heterocycles. The summed E-state index contributed by atoms with van der Waals surface area (Å²) in [5.74, 6) is -0.127. The van der Waals surface area contributed by atoms with Crippen LogP contribution in [0.3, 0.4) is 0 Å². The van der Waals surface area contributed by atoms with E-state index in [4.69, 9.17) is 5.73 Å². The number of anilines is 1. The number of aromatic nitrogens is 2. The van der Waals surface area contributed by atoms with Crippen LogP contribution >= 0.6 is 0 Å². The predicted molar refractivity (Wildman–Crippen MR) is 68.8 cm³/mol. The van der Waals surface area contributed by atoms with Crippen LogP contribution < -0.4 is 11.1 Å². The van der Waals surface area contributed by atoms with Gasteiger partial charge in [-0.1, -0.05) is 26.2 Å². The molecule has 0 spiro atoms. The maximum atomic E-state index is 11.9. The summed E-state index contributed by atoms with van der Waals surface area (Å²) >= 11 is 0. The molecule has 1 heterocycles. The number of aryl methyl sites for hydroxylation is 1. The van der Waals surface area contributed by atoms with E-state index in [9.17, 15) is 4.79 Å². The SMILES string of the molecule is CCCCCCNC(=O)c1c(N)cnn1CC. The van der Waals surface area contributed by atoms with E-state index in [1.54, 1.807) is 4.68 Å². The quantitative estimate of drug-likeness (QED) is 0.711. The van der Waals surface area contributed by atoms with Crippen LogP contribution in [0.5, 0.6) is 0 Å². The first-order valence-electron chi connectivity index (χ1n) is 6.30. The van der Waals surface area contributed by atoms with Gasteiger partial charge in [0.2, 0.25) is 0 Å². The summed E-state index contributed by atoms with van der Waals surface area (Å²) in [7, 11) is 0. The summed E-state index contributed by atoms with van der Waals surface area (Å²) in [4.78, 5) is 11.9. The van der Waals surface area contributed by atoms with Crippen molar-refractivity contribution in [1.82, 2.24) is 15.1 Å². The van der Waals surface area contributed by atoms with Gasteiger partial charge >= 0.3 is 0 Å². The molecule has 5 nitrogen and oxygen atoms in total. The van der Waals surface area contributed by atoms with Gasteiger partial charge in [-0.15, -0.1) is 0 Å². The van der Waals surface area contributed by atoms with E-state index in [2.05, 4.69) is 17.3 Å². The summed E-state index contributed by atoms with van der Waals surface area (Å²) < 4.78 is 1.62. The molecule has 17 heavy (non-hydrogen) atoms. The average Bonchev–Trinajstić information content (AvgIpc) is 2.70. The van der Waals surface area contributed by atoms with Crippen LogP contribution in [0.25, 0.3) is 0 Å². The van der Waals surface area contributed by atoms with Crippen LogP contribution in [-0.4, -0.2) is 22.2 Å². The van der Waals surface area contributed by atoms with Gasteiger partial charge in [-0.25, -0.2) is 0 Å². The van der Waals surface area contributed by atoms with Crippen molar-refractivity contribution in [2.24, 2.45) is 0 Å². The molecule has 1 amide bonds. The van der Waals surface area contributed by atoms with E-state index in [1.807, 2.05) is 6.92 Å². The third-order valence-electron chi connectivity index (χ3n) is 2.70. The van der Waals surface area contributed by atoms with Crippen molar-refractivity contribution in [3.63, 3.8) is 0 Å². The van der Waals surface area contributed by atoms with Gasteiger partial charge in [0.05, 0.1) is 11.9 Å². The van der Waals surface area contributed by atoms with E-state index in [1.165, 1.54) is 19.0 Å². The fourth-order valence-corrected chi connectivity index (χ4v) is 1.73. The summed E-state index contributed by atoms with van der Waals surface area (Å²) in [6, 6.07) is 0. The molecule has 0 unspecified atom stereocenters. The van der Waals surface area contributed by atoms with E-state index in [0.717, 1.165) is 12.8 Å². The van der Waals surface area contributed by atoms with Gasteiger partial charge < -0.3 is 11.1 Å². The van der Waals surface area contributed by atoms with E-state index in [0.29, 0.717) is 24.5 Å². The van der Waals surface area contributed by atoms with Crippen molar-refractivity contribution < 1.29 is 4.79 Å². The van der Waals surface area contributed by atoms with Crippen LogP contribution in [0, 0.1) is 0 Å². The first-order chi connectivity index (χ1) is 8.20. The lowest BCUT2D eigenvalue weighted by Crippen LogP contribution is -2.27. The molecule has 0 aliphatic carbocycles. The molecule has 0 aliphatic heterocycles. The highest BCUT2D eigenvalue weighted by Crippen LogP contribution is 2.10. The Morgan fingerprint density at radius 2 is 2.18 bits per heavy atom. The van der Waals surface area contributed by atoms with Crippen LogP contribution in [-0.2, 0) is 6.54 Å². The molecule has 1 rings (SSSR count). The lowest BCUT2D eigenvalue weighted by molar-refractivity contribution is 0.0943. The van der Waals surface area contributed by atoms with Crippen LogP contribution in [0.15, 0.2) is 6.20 Å². The molecule has 0 aromatic carbocycles. The van der Waals surface area contributed by atoms with Crippen molar-refractivity contribution in [2.45, 2.75) is 46.1 Å². The molecule has 0 radical (unpaired) electrons. The zero-order valence-corrected chi connectivity index (χ0v) is 10.7. The van der Waals surface area contributed by atoms with Crippen molar-refractivity contribution in [2.75, 3.05) is 12.3 Å². The average molecular weight is 238 g/mol. The molecular weight excluding hydrogens is 216 g/mol. The van der Waals surface area contributed by atoms with Crippen molar-refractivity contribution in [3.05, 3.63) is 11.9 Å². The number of nitrogens with two attached hydrogens (primary N) is 1. The Bertz CT molecular complexity index is 359. The summed E-state index contributed by atoms with van der Waals surface area (Å²) in [6.45, 7) is 5.45. The number of amides is 1. The number of rotatable bonds is 7. The third-order valence-corrected chi connectivity index (χ3v) is 2.70. The molecular formula is C12H22N4O. The Balaban J connectivity index is 2.44. The van der Waals surface area contributed by atoms with Gasteiger partial charge in [0.25, 0.3) is 5.91 Å². The number of nitrogens with one attached hydrogen (secondary N) is 1. The van der Waals surface area contributed by atoms with Gasteiger partial charge in [-0.05, 0) is 13.3 Å². The molecule has 0 saturated heterocycles. The second-order valence-electron chi connectivity index (χ2n) is 4.08. The first kappa shape index (κ1) is 13.5. The minimum absolute atomic E-state index is 0.127. The standard InChI is InChI=1S/C12H22N4O/c1-3-5-6-7-8-14-12(17)11-10(13)9-15-16(11)4-2/h9H,3-8,13H2,1-2H3,(H,14,17). The minimum atomic E-state index is -0.127. The normalized spacial score (nSPS) is 10.5. The van der Waals surface area contributed by atoms with Gasteiger partial charge in [0.1, 0.15) is 5.69 Å². The van der Waals surface area contributed by atoms with E-state index < -0.39 is 0 Å². The molecule has 5 heteroatoms. The van der Waals surface area contributed by atoms with Crippen LogP contribution in [0.4, 0.5) is 5.69 Å². The molecule has 1 aromatic rings. The molecule has 0 fully saturated rings. The number of unbranched alkanes of at least 4 members (excludes halogenated alkanes) is 3. The number of carbonyl (C=O) groups excluding carboxylic acids is 1. The van der Waals surface area contributed by atoms with Crippen molar-refractivity contribution >= 4 is 11.6 Å². The predicted octanol–water partition coefficient (Wildman–Crippen LogP) is 1.80. The van der Waals surface area contributed by atoms with Crippen molar-refractivity contribution in [1.29, 1.82) is 0 Å². The van der Waals surface area contributed by atoms with E-state index >= 15 is 0 Å². The Hall–Kier alpha value is -1.52. The Kier molecular flexibility index (Phi) is 5.52. The zero-order valence-electron chi connectivity index (χ0n) is 10.7. The number of hydrogen-bond acceptors (Lipinski definition) is 3. The van der Waals surface area contributed by atoms with Gasteiger partial charge in [0, 0.05) is 13.1 Å². The highest BCUT2D eigenvalue weighted by molar-refractivity contribution is 5.97. The first-order valence-corrected chi connectivity index (χ1v) is 6.30. The minimum Gasteiger partial charge on any atom is -0.396 e. The third kappa shape index (κ3) is 3.76. The Morgan fingerprint density at radius 1 is 1.41 bits per heavy atom. The molecule has 0 atom stereocenters. The molecule has 0 saturated carbocycles. The smallest absolute Gasteiger partial charge is 0.271 e. The number of carbonyl (C=O) groups is 1. The maximum absolute atomic E-state index is 11.9. The van der Waals surface area contributed by atoms with Crippen LogP contribution in [0.2, 0.25) is 0 Å². The lowest BCUT2D eigenvalue weighted by Gasteiger charge is -2.07. The van der Waals surface area contributed by atoms with Crippen LogP contribution in [0.1, 0.15) is 50.0 Å². The molecule has 0 bridgehead atoms. The fourth-order valence-electron chi connectivity index (χ4n) is 1.73. The second kappa shape index (κ2) is 6.93. The lowest BCUT2D eigenvalue weighted by atomic mass is 10.2. The van der Waals surface area contributed by atoms with E-state index in [-0.39, 0.29) is 5.91 Å². The number of nitrogen functional groups attached to an aromatic ring is 1. The summed E-state index contributed by atoms with van der Waals surface area (Å²) in [5, 5.41) is 6.92. The Labute approximate surface area is 102 Å². The fraction of sp³-hybridized carbons (Fsp3) is 0.667. The van der Waals surface area contributed by atoms with Gasteiger partial charge in [-0.3, -0.25) is 9.48 Å². The van der Waals surface area contributed by atoms with Gasteiger partial charge in [-0.2, -0.15) is 5.10 Å². The second-order valence-corrected chi connectivity index (χ2v) is 4.08. The molecule has 3 N–H and O–H groups in total. The highest BCUT2D eigenvalue weighted by atomic mass is 16.2. The summed E-state index contributed by atoms with van der Waals surface area (Å²) in [6.07, 6.45) is 6.10. The highest BCUT2D eigenvalue weighted by Gasteiger charge is 2.15. The Morgan fingerprint density at radius 3 is 2.82 bits per heavy atom. The van der Waals surface area contributed by atoms with Crippen molar-refractivity contribution in [3.8, 4) is 0 Å². The largest absolute Gasteiger partial charge is 0.396 e. The van der Waals surface area contributed by atoms with Gasteiger partial charge in [0.15, 0.2) is 0 Å². The monoisotopic (exact) mass is 238 g/mol. The zero-order chi connectivity index (χ0) is 12.7. The maximum Gasteiger partial charge on any atom is 0.271 e. The number of hydrogen-bond donors (Lipinski definition) is 2. The summed E-state index contributed by atoms with van der Waals surface area (Å²) in [5.41, 5.74) is 6.64. The molecule has 0 aliphatic rings.